The summed E-state index contributed by atoms with van der Waals surface area (Å²) in [7, 11) is 1.93. The molecule has 4 nitrogen and oxygen atoms in total. The van der Waals surface area contributed by atoms with E-state index in [-0.39, 0.29) is 18.0 Å². The van der Waals surface area contributed by atoms with Crippen LogP contribution in [0, 0.1) is 0 Å². The van der Waals surface area contributed by atoms with E-state index >= 15 is 0 Å². The number of carbonyl (C=O) groups excluding carboxylic acids is 1. The van der Waals surface area contributed by atoms with Gasteiger partial charge in [0, 0.05) is 4.90 Å². The SMILES string of the molecule is C[C@H](NC(=O)C1Cc2ccccc2SN1C)C(O)c1ccccc1. The van der Waals surface area contributed by atoms with Crippen molar-refractivity contribution in [1.29, 1.82) is 0 Å². The number of benzene rings is 2. The van der Waals surface area contributed by atoms with Crippen molar-refractivity contribution in [1.82, 2.24) is 9.62 Å². The second-order valence-electron chi connectivity index (χ2n) is 6.12. The molecule has 0 aliphatic carbocycles. The molecular formula is C19H22N2O2S. The lowest BCUT2D eigenvalue weighted by Crippen LogP contribution is -2.49. The van der Waals surface area contributed by atoms with Gasteiger partial charge in [0.2, 0.25) is 5.91 Å². The van der Waals surface area contributed by atoms with E-state index in [2.05, 4.69) is 17.4 Å². The number of carbonyl (C=O) groups is 1. The van der Waals surface area contributed by atoms with Crippen LogP contribution < -0.4 is 5.32 Å². The summed E-state index contributed by atoms with van der Waals surface area (Å²) in [4.78, 5) is 13.9. The third-order valence-electron chi connectivity index (χ3n) is 4.35. The number of aliphatic hydroxyl groups excluding tert-OH is 1. The van der Waals surface area contributed by atoms with Gasteiger partial charge in [-0.2, -0.15) is 0 Å². The summed E-state index contributed by atoms with van der Waals surface area (Å²) in [6.45, 7) is 1.83. The van der Waals surface area contributed by atoms with Crippen LogP contribution in [0.2, 0.25) is 0 Å². The molecule has 1 aliphatic rings. The van der Waals surface area contributed by atoms with Crippen LogP contribution in [0.4, 0.5) is 0 Å². The Balaban J connectivity index is 1.66. The summed E-state index contributed by atoms with van der Waals surface area (Å²) >= 11 is 1.59. The molecule has 126 valence electrons. The van der Waals surface area contributed by atoms with E-state index in [1.165, 1.54) is 10.5 Å². The van der Waals surface area contributed by atoms with Gasteiger partial charge < -0.3 is 10.4 Å². The van der Waals surface area contributed by atoms with Gasteiger partial charge in [-0.25, -0.2) is 4.31 Å². The Labute approximate surface area is 147 Å². The molecular weight excluding hydrogens is 320 g/mol. The van der Waals surface area contributed by atoms with Crippen molar-refractivity contribution in [3.8, 4) is 0 Å². The Hall–Kier alpha value is -1.82. The fourth-order valence-electron chi connectivity index (χ4n) is 2.91. The van der Waals surface area contributed by atoms with Crippen molar-refractivity contribution in [2.24, 2.45) is 0 Å². The minimum Gasteiger partial charge on any atom is -0.386 e. The molecule has 24 heavy (non-hydrogen) atoms. The maximum absolute atomic E-state index is 12.7. The number of nitrogens with one attached hydrogen (secondary N) is 1. The van der Waals surface area contributed by atoms with Crippen LogP contribution >= 0.6 is 11.9 Å². The van der Waals surface area contributed by atoms with Gasteiger partial charge in [-0.15, -0.1) is 0 Å². The molecule has 0 bridgehead atoms. The molecule has 1 heterocycles. The van der Waals surface area contributed by atoms with Gasteiger partial charge in [0.1, 0.15) is 6.04 Å². The highest BCUT2D eigenvalue weighted by molar-refractivity contribution is 7.97. The Bertz CT molecular complexity index is 708. The van der Waals surface area contributed by atoms with E-state index in [1.807, 2.05) is 60.7 Å². The third kappa shape index (κ3) is 3.64. The number of nitrogens with zero attached hydrogens (tertiary/aromatic N) is 1. The average molecular weight is 342 g/mol. The van der Waals surface area contributed by atoms with Crippen molar-refractivity contribution in [3.05, 3.63) is 65.7 Å². The molecule has 0 saturated carbocycles. The number of amides is 1. The lowest BCUT2D eigenvalue weighted by atomic mass is 10.0. The Morgan fingerprint density at radius 1 is 1.21 bits per heavy atom. The summed E-state index contributed by atoms with van der Waals surface area (Å²) < 4.78 is 1.99. The molecule has 2 aromatic carbocycles. The zero-order valence-electron chi connectivity index (χ0n) is 13.8. The third-order valence-corrected chi connectivity index (χ3v) is 5.49. The van der Waals surface area contributed by atoms with E-state index in [0.29, 0.717) is 6.42 Å². The fraction of sp³-hybridized carbons (Fsp3) is 0.316. The zero-order chi connectivity index (χ0) is 17.1. The van der Waals surface area contributed by atoms with Gasteiger partial charge >= 0.3 is 0 Å². The minimum absolute atomic E-state index is 0.0537. The molecule has 5 heteroatoms. The molecule has 3 rings (SSSR count). The highest BCUT2D eigenvalue weighted by Crippen LogP contribution is 2.33. The quantitative estimate of drug-likeness (QED) is 0.839. The number of fused-ring (bicyclic) bond motifs is 1. The predicted octanol–water partition coefficient (Wildman–Crippen LogP) is 2.79. The molecule has 3 atom stereocenters. The maximum atomic E-state index is 12.7. The normalized spacial score (nSPS) is 20.0. The van der Waals surface area contributed by atoms with Crippen molar-refractivity contribution in [2.75, 3.05) is 7.05 Å². The molecule has 1 amide bonds. The maximum Gasteiger partial charge on any atom is 0.238 e. The van der Waals surface area contributed by atoms with E-state index in [1.54, 1.807) is 11.9 Å². The smallest absolute Gasteiger partial charge is 0.238 e. The van der Waals surface area contributed by atoms with Gasteiger partial charge in [-0.3, -0.25) is 4.79 Å². The lowest BCUT2D eigenvalue weighted by Gasteiger charge is -2.33. The van der Waals surface area contributed by atoms with Crippen LogP contribution in [-0.2, 0) is 11.2 Å². The van der Waals surface area contributed by atoms with Crippen molar-refractivity contribution < 1.29 is 9.90 Å². The molecule has 2 aromatic rings. The molecule has 0 aromatic heterocycles. The summed E-state index contributed by atoms with van der Waals surface area (Å²) in [5.74, 6) is -0.0537. The summed E-state index contributed by atoms with van der Waals surface area (Å²) in [6.07, 6.45) is -0.0383. The summed E-state index contributed by atoms with van der Waals surface area (Å²) in [5, 5.41) is 13.4. The molecule has 2 N–H and O–H groups in total. The van der Waals surface area contributed by atoms with Gasteiger partial charge in [0.15, 0.2) is 0 Å². The topological polar surface area (TPSA) is 52.6 Å². The highest BCUT2D eigenvalue weighted by atomic mass is 32.2. The highest BCUT2D eigenvalue weighted by Gasteiger charge is 2.31. The van der Waals surface area contributed by atoms with Gasteiger partial charge in [0.05, 0.1) is 12.1 Å². The van der Waals surface area contributed by atoms with Crippen molar-refractivity contribution >= 4 is 17.9 Å². The van der Waals surface area contributed by atoms with E-state index < -0.39 is 6.10 Å². The van der Waals surface area contributed by atoms with E-state index in [9.17, 15) is 9.90 Å². The molecule has 1 aliphatic heterocycles. The standard InChI is InChI=1S/C19H22N2O2S/c1-13(18(22)14-8-4-3-5-9-14)20-19(23)16-12-15-10-6-7-11-17(15)24-21(16)2/h3-11,13,16,18,22H,12H2,1-2H3,(H,20,23)/t13-,16?,18?/m0/s1. The summed E-state index contributed by atoms with van der Waals surface area (Å²) in [5.41, 5.74) is 2.00. The molecule has 0 saturated heterocycles. The van der Waals surface area contributed by atoms with Gasteiger partial charge in [-0.1, -0.05) is 48.5 Å². The van der Waals surface area contributed by atoms with Crippen LogP contribution in [-0.4, -0.2) is 34.5 Å². The number of rotatable bonds is 4. The largest absolute Gasteiger partial charge is 0.386 e. The number of hydrogen-bond donors (Lipinski definition) is 2. The van der Waals surface area contributed by atoms with Crippen LogP contribution in [0.15, 0.2) is 59.5 Å². The monoisotopic (exact) mass is 342 g/mol. The van der Waals surface area contributed by atoms with Crippen LogP contribution in [0.3, 0.4) is 0 Å². The van der Waals surface area contributed by atoms with Crippen LogP contribution in [0.25, 0.3) is 0 Å². The molecule has 0 spiro atoms. The number of aliphatic hydroxyl groups is 1. The van der Waals surface area contributed by atoms with E-state index in [4.69, 9.17) is 0 Å². The predicted molar refractivity (Wildman–Crippen MR) is 96.6 cm³/mol. The summed E-state index contributed by atoms with van der Waals surface area (Å²) in [6, 6.07) is 17.0. The molecule has 0 fully saturated rings. The van der Waals surface area contributed by atoms with Crippen molar-refractivity contribution in [3.63, 3.8) is 0 Å². The minimum atomic E-state index is -0.719. The Morgan fingerprint density at radius 2 is 1.88 bits per heavy atom. The average Bonchev–Trinajstić information content (AvgIpc) is 2.61. The Morgan fingerprint density at radius 3 is 2.62 bits per heavy atom. The fourth-order valence-corrected chi connectivity index (χ4v) is 3.93. The van der Waals surface area contributed by atoms with Crippen LogP contribution in [0.1, 0.15) is 24.2 Å². The first-order valence-electron chi connectivity index (χ1n) is 8.08. The number of hydrogen-bond acceptors (Lipinski definition) is 4. The first-order valence-corrected chi connectivity index (χ1v) is 8.85. The first kappa shape index (κ1) is 17.0. The van der Waals surface area contributed by atoms with Gasteiger partial charge in [0.25, 0.3) is 0 Å². The second-order valence-corrected chi connectivity index (χ2v) is 7.32. The van der Waals surface area contributed by atoms with Gasteiger partial charge in [-0.05, 0) is 49.5 Å². The first-order chi connectivity index (χ1) is 11.6. The second kappa shape index (κ2) is 7.38. The van der Waals surface area contributed by atoms with E-state index in [0.717, 1.165) is 5.56 Å². The Kier molecular flexibility index (Phi) is 5.23. The molecule has 2 unspecified atom stereocenters. The van der Waals surface area contributed by atoms with Crippen molar-refractivity contribution in [2.45, 2.75) is 36.4 Å². The number of likely N-dealkylation sites (N-methyl/N-ethyl adjacent to an activating group) is 1. The molecule has 0 radical (unpaired) electrons. The van der Waals surface area contributed by atoms with Crippen LogP contribution in [0.5, 0.6) is 0 Å². The zero-order valence-corrected chi connectivity index (χ0v) is 14.7. The lowest BCUT2D eigenvalue weighted by molar-refractivity contribution is -0.126.